The maximum atomic E-state index is 3.39. The van der Waals surface area contributed by atoms with Gasteiger partial charge in [0.25, 0.3) is 0 Å². The zero-order valence-corrected chi connectivity index (χ0v) is 30.6. The molecule has 2 heteroatoms. The topological polar surface area (TPSA) is 0 Å². The standard InChI is InChI=1S/C48H40P2/c1-34-17-9-15-27-43(34)48(49,44-28-16-10-18-35(44)2)45-32-31-37-20-12-14-26-42(37)47(45)46-38(30-29-36-19-11-13-25-41(36)46)33-50(39-21-5-3-6-22-39)40-23-7-4-8-24-40/h3-32H,33,49H2,1-2H3. The third-order valence-corrected chi connectivity index (χ3v) is 13.7. The molecule has 0 aliphatic rings. The molecule has 0 N–H and O–H groups in total. The molecule has 0 nitrogen and oxygen atoms in total. The monoisotopic (exact) mass is 678 g/mol. The summed E-state index contributed by atoms with van der Waals surface area (Å²) in [5, 5.41) is 7.36. The number of aryl methyl sites for hydroxylation is 2. The molecular weight excluding hydrogens is 638 g/mol. The first-order chi connectivity index (χ1) is 24.5. The van der Waals surface area contributed by atoms with Crippen molar-refractivity contribution in [1.82, 2.24) is 0 Å². The van der Waals surface area contributed by atoms with Crippen LogP contribution in [-0.4, -0.2) is 0 Å². The molecule has 0 saturated heterocycles. The molecule has 1 atom stereocenters. The van der Waals surface area contributed by atoms with Crippen LogP contribution in [0.25, 0.3) is 32.7 Å². The molecule has 0 bridgehead atoms. The first-order valence-electron chi connectivity index (χ1n) is 17.4. The summed E-state index contributed by atoms with van der Waals surface area (Å²) < 4.78 is 0. The van der Waals surface area contributed by atoms with Crippen molar-refractivity contribution in [2.45, 2.75) is 25.2 Å². The number of rotatable bonds is 8. The highest BCUT2D eigenvalue weighted by molar-refractivity contribution is 7.72. The van der Waals surface area contributed by atoms with Crippen LogP contribution in [0.2, 0.25) is 0 Å². The summed E-state index contributed by atoms with van der Waals surface area (Å²) in [6.45, 7) is 4.51. The molecule has 0 amide bonds. The average molecular weight is 679 g/mol. The molecule has 0 saturated carbocycles. The molecule has 8 rings (SSSR count). The van der Waals surface area contributed by atoms with Gasteiger partial charge in [0.1, 0.15) is 0 Å². The molecule has 0 aliphatic heterocycles. The molecule has 0 spiro atoms. The van der Waals surface area contributed by atoms with Crippen LogP contribution in [0.5, 0.6) is 0 Å². The largest absolute Gasteiger partial charge is 0.117 e. The fourth-order valence-electron chi connectivity index (χ4n) is 7.80. The lowest BCUT2D eigenvalue weighted by Gasteiger charge is -2.37. The highest BCUT2D eigenvalue weighted by atomic mass is 31.1. The van der Waals surface area contributed by atoms with Crippen molar-refractivity contribution >= 4 is 49.3 Å². The van der Waals surface area contributed by atoms with E-state index in [1.165, 1.54) is 76.7 Å². The summed E-state index contributed by atoms with van der Waals surface area (Å²) in [5.41, 5.74) is 10.5. The first-order valence-corrected chi connectivity index (χ1v) is 19.5. The summed E-state index contributed by atoms with van der Waals surface area (Å²) in [6, 6.07) is 67.5. The Hall–Kier alpha value is -4.86. The van der Waals surface area contributed by atoms with Gasteiger partial charge in [-0.25, -0.2) is 0 Å². The van der Waals surface area contributed by atoms with Gasteiger partial charge in [0, 0.05) is 6.16 Å². The maximum absolute atomic E-state index is 3.39. The van der Waals surface area contributed by atoms with E-state index in [1.54, 1.807) is 0 Å². The van der Waals surface area contributed by atoms with Crippen molar-refractivity contribution in [3.05, 3.63) is 215 Å². The SMILES string of the molecule is Cc1ccccc1C(P)(c1ccccc1C)c1ccc2ccccc2c1-c1c(CP(c2ccccc2)c2ccccc2)ccc2ccccc12. The summed E-state index contributed by atoms with van der Waals surface area (Å²) in [4.78, 5) is 0. The van der Waals surface area contributed by atoms with Crippen molar-refractivity contribution in [3.63, 3.8) is 0 Å². The van der Waals surface area contributed by atoms with E-state index in [9.17, 15) is 0 Å². The Balaban J connectivity index is 1.49. The van der Waals surface area contributed by atoms with Gasteiger partial charge < -0.3 is 0 Å². The number of fused-ring (bicyclic) bond motifs is 2. The minimum absolute atomic E-state index is 0.506. The lowest BCUT2D eigenvalue weighted by Crippen LogP contribution is -2.25. The van der Waals surface area contributed by atoms with Gasteiger partial charge in [-0.1, -0.05) is 182 Å². The second kappa shape index (κ2) is 13.8. The van der Waals surface area contributed by atoms with E-state index < -0.39 is 13.1 Å². The molecule has 0 aliphatic carbocycles. The molecule has 50 heavy (non-hydrogen) atoms. The van der Waals surface area contributed by atoms with E-state index in [0.717, 1.165) is 6.16 Å². The zero-order chi connectivity index (χ0) is 34.1. The summed E-state index contributed by atoms with van der Waals surface area (Å²) in [6.07, 6.45) is 0.935. The third-order valence-electron chi connectivity index (χ3n) is 10.2. The molecule has 0 heterocycles. The van der Waals surface area contributed by atoms with E-state index in [2.05, 4.69) is 205 Å². The molecule has 1 unspecified atom stereocenters. The predicted octanol–water partition coefficient (Wildman–Crippen LogP) is 12.1. The lowest BCUT2D eigenvalue weighted by molar-refractivity contribution is 0.878. The van der Waals surface area contributed by atoms with Gasteiger partial charge in [-0.2, -0.15) is 0 Å². The fraction of sp³-hybridized carbons (Fsp3) is 0.0833. The van der Waals surface area contributed by atoms with Crippen molar-refractivity contribution in [2.24, 2.45) is 0 Å². The smallest absolute Gasteiger partial charge is 0.0602 e. The minimum Gasteiger partial charge on any atom is -0.117 e. The van der Waals surface area contributed by atoms with Gasteiger partial charge in [0.15, 0.2) is 0 Å². The normalized spacial score (nSPS) is 11.8. The average Bonchev–Trinajstić information content (AvgIpc) is 3.17. The lowest BCUT2D eigenvalue weighted by atomic mass is 9.75. The highest BCUT2D eigenvalue weighted by Gasteiger charge is 2.37. The van der Waals surface area contributed by atoms with Crippen molar-refractivity contribution in [1.29, 1.82) is 0 Å². The molecule has 0 aromatic heterocycles. The van der Waals surface area contributed by atoms with Crippen LogP contribution in [0.3, 0.4) is 0 Å². The Morgan fingerprint density at radius 2 is 0.860 bits per heavy atom. The van der Waals surface area contributed by atoms with Crippen molar-refractivity contribution in [2.75, 3.05) is 0 Å². The van der Waals surface area contributed by atoms with Crippen LogP contribution >= 0.6 is 17.2 Å². The Morgan fingerprint density at radius 1 is 0.420 bits per heavy atom. The second-order valence-corrected chi connectivity index (χ2v) is 16.3. The Bertz CT molecular complexity index is 2360. The Labute approximate surface area is 299 Å². The van der Waals surface area contributed by atoms with E-state index in [-0.39, 0.29) is 0 Å². The van der Waals surface area contributed by atoms with Crippen molar-refractivity contribution in [3.8, 4) is 11.1 Å². The number of hydrogen-bond donors (Lipinski definition) is 0. The minimum atomic E-state index is -0.673. The van der Waals surface area contributed by atoms with E-state index >= 15 is 0 Å². The number of benzene rings is 8. The Morgan fingerprint density at radius 3 is 1.40 bits per heavy atom. The van der Waals surface area contributed by atoms with E-state index in [0.29, 0.717) is 0 Å². The van der Waals surface area contributed by atoms with Gasteiger partial charge in [-0.15, -0.1) is 9.24 Å². The van der Waals surface area contributed by atoms with E-state index in [4.69, 9.17) is 0 Å². The van der Waals surface area contributed by atoms with Crippen LogP contribution in [0, 0.1) is 13.8 Å². The summed E-state index contributed by atoms with van der Waals surface area (Å²) >= 11 is 0. The zero-order valence-electron chi connectivity index (χ0n) is 28.6. The van der Waals surface area contributed by atoms with Crippen molar-refractivity contribution < 1.29 is 0 Å². The number of hydrogen-bond acceptors (Lipinski definition) is 0. The van der Waals surface area contributed by atoms with E-state index in [1.807, 2.05) is 0 Å². The third kappa shape index (κ3) is 5.78. The van der Waals surface area contributed by atoms with Crippen LogP contribution in [0.15, 0.2) is 182 Å². The van der Waals surface area contributed by atoms with Gasteiger partial charge >= 0.3 is 0 Å². The second-order valence-electron chi connectivity index (χ2n) is 13.2. The van der Waals surface area contributed by atoms with Gasteiger partial charge in [-0.05, 0) is 98.4 Å². The van der Waals surface area contributed by atoms with Crippen LogP contribution < -0.4 is 10.6 Å². The Kier molecular flexibility index (Phi) is 8.93. The molecule has 242 valence electrons. The molecular formula is C48H40P2. The quantitative estimate of drug-likeness (QED) is 0.111. The molecule has 8 aromatic carbocycles. The molecule has 0 radical (unpaired) electrons. The summed E-state index contributed by atoms with van der Waals surface area (Å²) in [7, 11) is 2.72. The van der Waals surface area contributed by atoms with Gasteiger partial charge in [-0.3, -0.25) is 0 Å². The molecule has 0 fully saturated rings. The van der Waals surface area contributed by atoms with Crippen LogP contribution in [0.4, 0.5) is 0 Å². The molecule has 8 aromatic rings. The summed E-state index contributed by atoms with van der Waals surface area (Å²) in [5.74, 6) is 0. The first kappa shape index (κ1) is 32.4. The fourth-order valence-corrected chi connectivity index (χ4v) is 11.0. The maximum Gasteiger partial charge on any atom is 0.0602 e. The van der Waals surface area contributed by atoms with Gasteiger partial charge in [0.05, 0.1) is 5.16 Å². The van der Waals surface area contributed by atoms with Crippen LogP contribution in [0.1, 0.15) is 33.4 Å². The van der Waals surface area contributed by atoms with Crippen LogP contribution in [-0.2, 0) is 11.3 Å². The van der Waals surface area contributed by atoms with Gasteiger partial charge in [0.2, 0.25) is 0 Å². The predicted molar refractivity (Wildman–Crippen MR) is 222 cm³/mol. The highest BCUT2D eigenvalue weighted by Crippen LogP contribution is 2.54.